The molecule has 0 aliphatic heterocycles. The molecule has 0 aromatic heterocycles. The molecule has 1 aliphatic rings. The van der Waals surface area contributed by atoms with Gasteiger partial charge in [-0.25, -0.2) is 0 Å². The zero-order valence-electron chi connectivity index (χ0n) is 12.9. The van der Waals surface area contributed by atoms with Gasteiger partial charge in [-0.15, -0.1) is 0 Å². The molecule has 4 nitrogen and oxygen atoms in total. The number of anilines is 1. The predicted molar refractivity (Wildman–Crippen MR) is 92.0 cm³/mol. The Labute approximate surface area is 144 Å². The maximum Gasteiger partial charge on any atom is 0.242 e. The molecule has 0 radical (unpaired) electrons. The Kier molecular flexibility index (Phi) is 4.76. The summed E-state index contributed by atoms with van der Waals surface area (Å²) in [5, 5.41) is 3.16. The van der Waals surface area contributed by atoms with Crippen molar-refractivity contribution in [2.75, 3.05) is 5.32 Å². The number of hydrogen-bond acceptors (Lipinski definition) is 3. The molecule has 2 aromatic carbocycles. The van der Waals surface area contributed by atoms with Gasteiger partial charge in [0, 0.05) is 23.6 Å². The number of rotatable bonds is 3. The third kappa shape index (κ3) is 3.54. The lowest BCUT2D eigenvalue weighted by Crippen LogP contribution is -2.40. The van der Waals surface area contributed by atoms with Crippen LogP contribution in [0, 0.1) is 5.92 Å². The van der Waals surface area contributed by atoms with E-state index < -0.39 is 11.8 Å². The second kappa shape index (κ2) is 6.97. The summed E-state index contributed by atoms with van der Waals surface area (Å²) in [7, 11) is 0. The van der Waals surface area contributed by atoms with Crippen LogP contribution in [-0.2, 0) is 14.4 Å². The van der Waals surface area contributed by atoms with Gasteiger partial charge in [0.25, 0.3) is 0 Å². The SMILES string of the molecule is O=C1CC(c2ccccc2)CC(=O)C1C(=O)Nc1ccc(Cl)cc1. The molecular weight excluding hydrogens is 326 g/mol. The number of carbonyl (C=O) groups excluding carboxylic acids is 3. The molecule has 1 aliphatic carbocycles. The van der Waals surface area contributed by atoms with E-state index in [-0.39, 0.29) is 30.3 Å². The van der Waals surface area contributed by atoms with Crippen LogP contribution in [0.2, 0.25) is 5.02 Å². The molecule has 0 saturated heterocycles. The van der Waals surface area contributed by atoms with Crippen LogP contribution < -0.4 is 5.32 Å². The van der Waals surface area contributed by atoms with Crippen LogP contribution in [0.5, 0.6) is 0 Å². The van der Waals surface area contributed by atoms with Gasteiger partial charge in [0.15, 0.2) is 17.5 Å². The van der Waals surface area contributed by atoms with Crippen molar-refractivity contribution in [1.29, 1.82) is 0 Å². The molecule has 1 fully saturated rings. The van der Waals surface area contributed by atoms with Crippen LogP contribution in [0.25, 0.3) is 0 Å². The Morgan fingerprint density at radius 1 is 0.917 bits per heavy atom. The fraction of sp³-hybridized carbons (Fsp3) is 0.211. The van der Waals surface area contributed by atoms with Gasteiger partial charge in [-0.3, -0.25) is 14.4 Å². The van der Waals surface area contributed by atoms with Crippen molar-refractivity contribution in [2.45, 2.75) is 18.8 Å². The van der Waals surface area contributed by atoms with Gasteiger partial charge in [-0.1, -0.05) is 41.9 Å². The van der Waals surface area contributed by atoms with Crippen molar-refractivity contribution in [3.63, 3.8) is 0 Å². The zero-order valence-corrected chi connectivity index (χ0v) is 13.6. The Morgan fingerprint density at radius 2 is 1.50 bits per heavy atom. The fourth-order valence-corrected chi connectivity index (χ4v) is 3.10. The molecule has 2 aromatic rings. The maximum atomic E-state index is 12.4. The highest BCUT2D eigenvalue weighted by Gasteiger charge is 2.40. The Balaban J connectivity index is 1.71. The average Bonchev–Trinajstić information content (AvgIpc) is 2.57. The lowest BCUT2D eigenvalue weighted by atomic mass is 9.76. The predicted octanol–water partition coefficient (Wildman–Crippen LogP) is 3.61. The van der Waals surface area contributed by atoms with E-state index in [1.54, 1.807) is 24.3 Å². The Morgan fingerprint density at radius 3 is 2.08 bits per heavy atom. The minimum Gasteiger partial charge on any atom is -0.325 e. The normalized spacial score (nSPS) is 20.7. The molecule has 1 amide bonds. The number of carbonyl (C=O) groups is 3. The van der Waals surface area contributed by atoms with Gasteiger partial charge in [0.1, 0.15) is 0 Å². The molecule has 0 unspecified atom stereocenters. The van der Waals surface area contributed by atoms with E-state index >= 15 is 0 Å². The maximum absolute atomic E-state index is 12.4. The quantitative estimate of drug-likeness (QED) is 0.867. The summed E-state index contributed by atoms with van der Waals surface area (Å²) in [4.78, 5) is 37.1. The van der Waals surface area contributed by atoms with E-state index in [0.717, 1.165) is 5.56 Å². The van der Waals surface area contributed by atoms with Crippen molar-refractivity contribution in [2.24, 2.45) is 5.92 Å². The standard InChI is InChI=1S/C19H16ClNO3/c20-14-6-8-15(9-7-14)21-19(24)18-16(22)10-13(11-17(18)23)12-4-2-1-3-5-12/h1-9,13,18H,10-11H2,(H,21,24). The van der Waals surface area contributed by atoms with Crippen LogP contribution in [-0.4, -0.2) is 17.5 Å². The largest absolute Gasteiger partial charge is 0.325 e. The van der Waals surface area contributed by atoms with Gasteiger partial charge < -0.3 is 5.32 Å². The number of benzene rings is 2. The second-order valence-corrected chi connectivity index (χ2v) is 6.31. The summed E-state index contributed by atoms with van der Waals surface area (Å²) < 4.78 is 0. The number of amides is 1. The van der Waals surface area contributed by atoms with E-state index in [0.29, 0.717) is 10.7 Å². The number of nitrogens with one attached hydrogen (secondary N) is 1. The molecule has 5 heteroatoms. The lowest BCUT2D eigenvalue weighted by Gasteiger charge is -2.26. The first-order valence-electron chi connectivity index (χ1n) is 7.71. The van der Waals surface area contributed by atoms with Gasteiger partial charge in [0.2, 0.25) is 5.91 Å². The summed E-state index contributed by atoms with van der Waals surface area (Å²) >= 11 is 5.80. The third-order valence-electron chi connectivity index (χ3n) is 4.18. The molecule has 122 valence electrons. The first-order valence-corrected chi connectivity index (χ1v) is 8.09. The van der Waals surface area contributed by atoms with Crippen LogP contribution in [0.4, 0.5) is 5.69 Å². The minimum absolute atomic E-state index is 0.147. The molecule has 0 bridgehead atoms. The monoisotopic (exact) mass is 341 g/mol. The van der Waals surface area contributed by atoms with Crippen molar-refractivity contribution < 1.29 is 14.4 Å². The smallest absolute Gasteiger partial charge is 0.242 e. The highest BCUT2D eigenvalue weighted by molar-refractivity contribution is 6.30. The van der Waals surface area contributed by atoms with E-state index in [2.05, 4.69) is 5.32 Å². The summed E-state index contributed by atoms with van der Waals surface area (Å²) in [5.41, 5.74) is 1.46. The number of ketones is 2. The van der Waals surface area contributed by atoms with E-state index in [9.17, 15) is 14.4 Å². The van der Waals surface area contributed by atoms with Gasteiger partial charge >= 0.3 is 0 Å². The van der Waals surface area contributed by atoms with Gasteiger partial charge in [0.05, 0.1) is 0 Å². The molecule has 1 saturated carbocycles. The second-order valence-electron chi connectivity index (χ2n) is 5.88. The lowest BCUT2D eigenvalue weighted by molar-refractivity contribution is -0.141. The summed E-state index contributed by atoms with van der Waals surface area (Å²) in [6.07, 6.45) is 0.406. The van der Waals surface area contributed by atoms with Crippen molar-refractivity contribution in [1.82, 2.24) is 0 Å². The highest BCUT2D eigenvalue weighted by Crippen LogP contribution is 2.32. The van der Waals surface area contributed by atoms with Crippen molar-refractivity contribution >= 4 is 34.8 Å². The third-order valence-corrected chi connectivity index (χ3v) is 4.44. The average molecular weight is 342 g/mol. The van der Waals surface area contributed by atoms with Crippen LogP contribution in [0.3, 0.4) is 0 Å². The van der Waals surface area contributed by atoms with Crippen LogP contribution >= 0.6 is 11.6 Å². The minimum atomic E-state index is -1.22. The fourth-order valence-electron chi connectivity index (χ4n) is 2.97. The van der Waals surface area contributed by atoms with Gasteiger partial charge in [-0.05, 0) is 35.7 Å². The summed E-state index contributed by atoms with van der Waals surface area (Å²) in [6, 6.07) is 16.0. The van der Waals surface area contributed by atoms with Crippen molar-refractivity contribution in [3.8, 4) is 0 Å². The Hall–Kier alpha value is -2.46. The first kappa shape index (κ1) is 16.4. The van der Waals surface area contributed by atoms with Crippen LogP contribution in [0.15, 0.2) is 54.6 Å². The van der Waals surface area contributed by atoms with Gasteiger partial charge in [-0.2, -0.15) is 0 Å². The first-order chi connectivity index (χ1) is 11.5. The summed E-state index contributed by atoms with van der Waals surface area (Å²) in [5.74, 6) is -2.59. The summed E-state index contributed by atoms with van der Waals surface area (Å²) in [6.45, 7) is 0. The topological polar surface area (TPSA) is 63.2 Å². The number of hydrogen-bond donors (Lipinski definition) is 1. The van der Waals surface area contributed by atoms with E-state index in [1.165, 1.54) is 0 Å². The van der Waals surface area contributed by atoms with E-state index in [1.807, 2.05) is 30.3 Å². The van der Waals surface area contributed by atoms with Crippen LogP contribution in [0.1, 0.15) is 24.3 Å². The highest BCUT2D eigenvalue weighted by atomic mass is 35.5. The molecule has 1 N–H and O–H groups in total. The molecule has 0 spiro atoms. The molecule has 0 heterocycles. The Bertz CT molecular complexity index is 753. The molecule has 3 rings (SSSR count). The zero-order chi connectivity index (χ0) is 17.1. The number of halogens is 1. The number of Topliss-reactive ketones (excluding diaryl/α,β-unsaturated/α-hetero) is 2. The van der Waals surface area contributed by atoms with Crippen molar-refractivity contribution in [3.05, 3.63) is 65.2 Å². The molecule has 0 atom stereocenters. The molecule has 24 heavy (non-hydrogen) atoms. The van der Waals surface area contributed by atoms with E-state index in [4.69, 9.17) is 11.6 Å². The molecular formula is C19H16ClNO3.